The van der Waals surface area contributed by atoms with Gasteiger partial charge in [-0.25, -0.2) is 0 Å². The molecule has 3 N–H and O–H groups in total. The van der Waals surface area contributed by atoms with Gasteiger partial charge in [-0.1, -0.05) is 0 Å². The van der Waals surface area contributed by atoms with E-state index in [2.05, 4.69) is 16.0 Å². The highest BCUT2D eigenvalue weighted by molar-refractivity contribution is 6.04. The zero-order chi connectivity index (χ0) is 19.9. The minimum Gasteiger partial charge on any atom is -0.494 e. The Hall–Kier alpha value is -2.61. The zero-order valence-electron chi connectivity index (χ0n) is 16.4. The molecule has 1 fully saturated rings. The molecule has 0 bridgehead atoms. The number of carbonyl (C=O) groups is 2. The van der Waals surface area contributed by atoms with E-state index in [1.54, 1.807) is 36.4 Å². The molecule has 156 valence electrons. The third-order valence-electron chi connectivity index (χ3n) is 4.44. The lowest BCUT2D eigenvalue weighted by Crippen LogP contribution is -2.53. The van der Waals surface area contributed by atoms with Gasteiger partial charge in [-0.3, -0.25) is 9.59 Å². The number of carbonyl (C=O) groups excluding carboxylic acids is 2. The fraction of sp³-hybridized carbons (Fsp3) is 0.333. The highest BCUT2D eigenvalue weighted by Gasteiger charge is 2.28. The summed E-state index contributed by atoms with van der Waals surface area (Å²) in [7, 11) is 0. The lowest BCUT2D eigenvalue weighted by atomic mass is 10.1. The number of halogens is 1. The van der Waals surface area contributed by atoms with Crippen LogP contribution in [-0.4, -0.2) is 43.7 Å². The first kappa shape index (κ1) is 22.7. The largest absolute Gasteiger partial charge is 0.494 e. The van der Waals surface area contributed by atoms with Crippen LogP contribution in [0.2, 0.25) is 0 Å². The third-order valence-corrected chi connectivity index (χ3v) is 4.44. The van der Waals surface area contributed by atoms with Crippen LogP contribution < -0.4 is 20.7 Å². The molecule has 3 rings (SSSR count). The van der Waals surface area contributed by atoms with Crippen molar-refractivity contribution in [2.45, 2.75) is 26.0 Å². The van der Waals surface area contributed by atoms with E-state index in [9.17, 15) is 9.59 Å². The number of hydrogen-bond donors (Lipinski definition) is 3. The fourth-order valence-corrected chi connectivity index (χ4v) is 2.96. The number of amides is 2. The van der Waals surface area contributed by atoms with Gasteiger partial charge < -0.3 is 25.4 Å². The van der Waals surface area contributed by atoms with Gasteiger partial charge in [0.2, 0.25) is 5.91 Å². The summed E-state index contributed by atoms with van der Waals surface area (Å²) in [5, 5.41) is 8.83. The molecule has 0 spiro atoms. The van der Waals surface area contributed by atoms with E-state index in [1.165, 1.54) is 0 Å². The molecule has 0 unspecified atom stereocenters. The van der Waals surface area contributed by atoms with Crippen molar-refractivity contribution < 1.29 is 19.1 Å². The Morgan fingerprint density at radius 3 is 2.31 bits per heavy atom. The van der Waals surface area contributed by atoms with Gasteiger partial charge in [0, 0.05) is 23.5 Å². The highest BCUT2D eigenvalue weighted by atomic mass is 35.5. The predicted octanol–water partition coefficient (Wildman–Crippen LogP) is 3.07. The van der Waals surface area contributed by atoms with Crippen molar-refractivity contribution in [3.63, 3.8) is 0 Å². The Morgan fingerprint density at radius 1 is 1.07 bits per heavy atom. The van der Waals surface area contributed by atoms with Gasteiger partial charge in [0.1, 0.15) is 11.8 Å². The van der Waals surface area contributed by atoms with Gasteiger partial charge >= 0.3 is 0 Å². The lowest BCUT2D eigenvalue weighted by molar-refractivity contribution is -0.123. The van der Waals surface area contributed by atoms with E-state index < -0.39 is 6.04 Å². The Balaban J connectivity index is 0.00000300. The molecular formula is C21H26ClN3O4. The minimum atomic E-state index is -0.392. The van der Waals surface area contributed by atoms with Crippen LogP contribution in [0.3, 0.4) is 0 Å². The average molecular weight is 420 g/mol. The summed E-state index contributed by atoms with van der Waals surface area (Å²) in [6.07, 6.45) is -0.187. The van der Waals surface area contributed by atoms with E-state index in [1.807, 2.05) is 26.0 Å². The number of anilines is 2. The molecule has 1 aliphatic heterocycles. The smallest absolute Gasteiger partial charge is 0.255 e. The van der Waals surface area contributed by atoms with E-state index >= 15 is 0 Å². The van der Waals surface area contributed by atoms with Crippen LogP contribution in [0.15, 0.2) is 48.5 Å². The molecule has 0 aromatic heterocycles. The normalized spacial score (nSPS) is 18.3. The molecule has 1 heterocycles. The molecule has 2 aromatic rings. The Kier molecular flexibility index (Phi) is 8.45. The summed E-state index contributed by atoms with van der Waals surface area (Å²) in [5.41, 5.74) is 1.81. The third kappa shape index (κ3) is 6.19. The Morgan fingerprint density at radius 2 is 1.69 bits per heavy atom. The summed E-state index contributed by atoms with van der Waals surface area (Å²) >= 11 is 0. The van der Waals surface area contributed by atoms with Gasteiger partial charge in [-0.05, 0) is 62.4 Å². The van der Waals surface area contributed by atoms with Crippen molar-refractivity contribution >= 4 is 35.6 Å². The maximum Gasteiger partial charge on any atom is 0.255 e. The van der Waals surface area contributed by atoms with Crippen molar-refractivity contribution in [1.82, 2.24) is 5.32 Å². The lowest BCUT2D eigenvalue weighted by Gasteiger charge is -2.29. The molecule has 1 aliphatic rings. The second-order valence-electron chi connectivity index (χ2n) is 6.49. The number of hydrogen-bond acceptors (Lipinski definition) is 5. The summed E-state index contributed by atoms with van der Waals surface area (Å²) in [6.45, 7) is 5.63. The maximum absolute atomic E-state index is 12.4. The van der Waals surface area contributed by atoms with Crippen LogP contribution >= 0.6 is 12.4 Å². The minimum absolute atomic E-state index is 0. The van der Waals surface area contributed by atoms with Crippen LogP contribution in [0.5, 0.6) is 5.75 Å². The molecule has 7 nitrogen and oxygen atoms in total. The topological polar surface area (TPSA) is 88.7 Å². The van der Waals surface area contributed by atoms with Gasteiger partial charge in [0.15, 0.2) is 0 Å². The van der Waals surface area contributed by atoms with E-state index in [-0.39, 0.29) is 30.3 Å². The van der Waals surface area contributed by atoms with Gasteiger partial charge in [-0.15, -0.1) is 12.4 Å². The molecular weight excluding hydrogens is 394 g/mol. The molecule has 0 radical (unpaired) electrons. The van der Waals surface area contributed by atoms with Gasteiger partial charge in [0.25, 0.3) is 5.91 Å². The van der Waals surface area contributed by atoms with Crippen molar-refractivity contribution in [2.24, 2.45) is 0 Å². The quantitative estimate of drug-likeness (QED) is 0.669. The molecule has 1 saturated heterocycles. The van der Waals surface area contributed by atoms with Crippen LogP contribution in [-0.2, 0) is 9.53 Å². The molecule has 0 saturated carbocycles. The first-order valence-electron chi connectivity index (χ1n) is 9.37. The standard InChI is InChI=1S/C21H25N3O4.ClH/c1-3-27-18-10-8-17(9-11-18)23-20(25)15-4-6-16(7-5-15)24-21(26)19-14(2)28-13-12-22-19;/h4-11,14,19,22H,3,12-13H2,1-2H3,(H,23,25)(H,24,26);1H/t14-,19+;/m1./s1. The summed E-state index contributed by atoms with van der Waals surface area (Å²) in [4.78, 5) is 24.8. The molecule has 8 heteroatoms. The van der Waals surface area contributed by atoms with Gasteiger partial charge in [-0.2, -0.15) is 0 Å². The Labute approximate surface area is 176 Å². The SMILES string of the molecule is CCOc1ccc(NC(=O)c2ccc(NC(=O)[C@H]3NCCO[C@@H]3C)cc2)cc1.Cl. The van der Waals surface area contributed by atoms with E-state index in [0.29, 0.717) is 36.7 Å². The molecule has 0 aliphatic carbocycles. The summed E-state index contributed by atoms with van der Waals surface area (Å²) < 4.78 is 10.9. The van der Waals surface area contributed by atoms with E-state index in [0.717, 1.165) is 5.75 Å². The second-order valence-corrected chi connectivity index (χ2v) is 6.49. The fourth-order valence-electron chi connectivity index (χ4n) is 2.96. The number of ether oxygens (including phenoxy) is 2. The second kappa shape index (κ2) is 10.8. The van der Waals surface area contributed by atoms with Crippen molar-refractivity contribution in [1.29, 1.82) is 0 Å². The number of benzene rings is 2. The molecule has 29 heavy (non-hydrogen) atoms. The monoisotopic (exact) mass is 419 g/mol. The van der Waals surface area contributed by atoms with Crippen LogP contribution in [0.25, 0.3) is 0 Å². The number of rotatable bonds is 6. The maximum atomic E-state index is 12.4. The first-order chi connectivity index (χ1) is 13.6. The number of nitrogens with one attached hydrogen (secondary N) is 3. The average Bonchev–Trinajstić information content (AvgIpc) is 2.70. The Bertz CT molecular complexity index is 812. The van der Waals surface area contributed by atoms with Crippen molar-refractivity contribution in [3.05, 3.63) is 54.1 Å². The first-order valence-corrected chi connectivity index (χ1v) is 9.37. The van der Waals surface area contributed by atoms with Crippen molar-refractivity contribution in [2.75, 3.05) is 30.4 Å². The molecule has 2 atom stereocenters. The van der Waals surface area contributed by atoms with Crippen LogP contribution in [0.1, 0.15) is 24.2 Å². The van der Waals surface area contributed by atoms with Crippen LogP contribution in [0, 0.1) is 0 Å². The van der Waals surface area contributed by atoms with E-state index in [4.69, 9.17) is 9.47 Å². The summed E-state index contributed by atoms with van der Waals surface area (Å²) in [6, 6.07) is 13.6. The highest BCUT2D eigenvalue weighted by Crippen LogP contribution is 2.17. The predicted molar refractivity (Wildman–Crippen MR) is 115 cm³/mol. The van der Waals surface area contributed by atoms with Crippen molar-refractivity contribution in [3.8, 4) is 5.75 Å². The molecule has 2 amide bonds. The summed E-state index contributed by atoms with van der Waals surface area (Å²) in [5.74, 6) is 0.379. The van der Waals surface area contributed by atoms with Gasteiger partial charge in [0.05, 0.1) is 19.3 Å². The molecule has 2 aromatic carbocycles. The number of morpholine rings is 1. The zero-order valence-corrected chi connectivity index (χ0v) is 17.3. The van der Waals surface area contributed by atoms with Crippen LogP contribution in [0.4, 0.5) is 11.4 Å².